The van der Waals surface area contributed by atoms with Crippen molar-refractivity contribution in [1.29, 1.82) is 0 Å². The van der Waals surface area contributed by atoms with E-state index in [1.54, 1.807) is 0 Å². The summed E-state index contributed by atoms with van der Waals surface area (Å²) in [5.74, 6) is 0. The summed E-state index contributed by atoms with van der Waals surface area (Å²) < 4.78 is 10.8. The van der Waals surface area contributed by atoms with Gasteiger partial charge in [-0.3, -0.25) is 0 Å². The predicted octanol–water partition coefficient (Wildman–Crippen LogP) is 1.36. The number of carbonyl (C=O) groups excluding carboxylic acids is 1. The minimum absolute atomic E-state index is 0.0539. The summed E-state index contributed by atoms with van der Waals surface area (Å²) in [6.07, 6.45) is 1.00. The fourth-order valence-electron chi connectivity index (χ4n) is 1.11. The molecule has 0 aromatic carbocycles. The van der Waals surface area contributed by atoms with Gasteiger partial charge in [0.05, 0.1) is 6.61 Å². The van der Waals surface area contributed by atoms with Crippen LogP contribution in [0.5, 0.6) is 0 Å². The van der Waals surface area contributed by atoms with Crippen LogP contribution in [0.25, 0.3) is 0 Å². The highest BCUT2D eigenvalue weighted by Crippen LogP contribution is 2.27. The van der Waals surface area contributed by atoms with Gasteiger partial charge in [0.15, 0.2) is 6.29 Å². The molecule has 1 rings (SSSR count). The average Bonchev–Trinajstić information content (AvgIpc) is 2.03. The lowest BCUT2D eigenvalue weighted by Gasteiger charge is -2.35. The third-order valence-corrected chi connectivity index (χ3v) is 1.83. The molecular formula is C9H16O3. The van der Waals surface area contributed by atoms with Gasteiger partial charge in [-0.25, -0.2) is 0 Å². The van der Waals surface area contributed by atoms with E-state index in [1.165, 1.54) is 0 Å². The van der Waals surface area contributed by atoms with Gasteiger partial charge in [-0.2, -0.15) is 0 Å². The highest BCUT2D eigenvalue weighted by atomic mass is 16.7. The molecule has 1 aliphatic rings. The van der Waals surface area contributed by atoms with Crippen molar-refractivity contribution >= 4 is 6.29 Å². The third kappa shape index (κ3) is 2.29. The summed E-state index contributed by atoms with van der Waals surface area (Å²) >= 11 is 0. The van der Waals surface area contributed by atoms with Crippen LogP contribution >= 0.6 is 0 Å². The van der Waals surface area contributed by atoms with Crippen molar-refractivity contribution in [2.75, 3.05) is 6.61 Å². The maximum absolute atomic E-state index is 10.5. The second-order valence-electron chi connectivity index (χ2n) is 4.17. The van der Waals surface area contributed by atoms with Crippen molar-refractivity contribution in [2.24, 2.45) is 5.41 Å². The Kier molecular flexibility index (Phi) is 2.85. The minimum Gasteiger partial charge on any atom is -0.352 e. The van der Waals surface area contributed by atoms with Gasteiger partial charge in [-0.1, -0.05) is 20.8 Å². The molecule has 0 radical (unpaired) electrons. The highest BCUT2D eigenvalue weighted by Gasteiger charge is 2.32. The van der Waals surface area contributed by atoms with Gasteiger partial charge in [0.2, 0.25) is 0 Å². The molecule has 2 atom stereocenters. The molecule has 1 aliphatic heterocycles. The second kappa shape index (κ2) is 3.54. The molecule has 12 heavy (non-hydrogen) atoms. The zero-order valence-corrected chi connectivity index (χ0v) is 7.87. The number of carbonyl (C=O) groups is 1. The molecule has 0 unspecified atom stereocenters. The zero-order valence-electron chi connectivity index (χ0n) is 7.87. The summed E-state index contributed by atoms with van der Waals surface area (Å²) in [5, 5.41) is 0. The van der Waals surface area contributed by atoms with Crippen molar-refractivity contribution in [3.8, 4) is 0 Å². The quantitative estimate of drug-likeness (QED) is 0.560. The molecule has 0 aromatic rings. The van der Waals surface area contributed by atoms with E-state index in [9.17, 15) is 4.79 Å². The number of hydrogen-bond acceptors (Lipinski definition) is 3. The first kappa shape index (κ1) is 9.68. The topological polar surface area (TPSA) is 35.5 Å². The molecule has 1 saturated heterocycles. The first-order valence-corrected chi connectivity index (χ1v) is 4.26. The van der Waals surface area contributed by atoms with Crippen molar-refractivity contribution in [3.63, 3.8) is 0 Å². The lowest BCUT2D eigenvalue weighted by Crippen LogP contribution is -2.41. The van der Waals surface area contributed by atoms with Gasteiger partial charge in [0.1, 0.15) is 12.4 Å². The molecule has 0 spiro atoms. The van der Waals surface area contributed by atoms with E-state index in [0.717, 1.165) is 6.29 Å². The number of aldehydes is 1. The highest BCUT2D eigenvalue weighted by molar-refractivity contribution is 5.56. The van der Waals surface area contributed by atoms with Crippen molar-refractivity contribution < 1.29 is 14.3 Å². The molecule has 0 aliphatic carbocycles. The predicted molar refractivity (Wildman–Crippen MR) is 44.7 cm³/mol. The summed E-state index contributed by atoms with van der Waals surface area (Å²) in [4.78, 5) is 10.5. The van der Waals surface area contributed by atoms with Crippen molar-refractivity contribution in [3.05, 3.63) is 0 Å². The van der Waals surface area contributed by atoms with Gasteiger partial charge in [-0.15, -0.1) is 0 Å². The van der Waals surface area contributed by atoms with E-state index in [4.69, 9.17) is 9.47 Å². The Labute approximate surface area is 73.0 Å². The van der Waals surface area contributed by atoms with Crippen LogP contribution in [-0.2, 0) is 14.3 Å². The molecular weight excluding hydrogens is 156 g/mol. The van der Waals surface area contributed by atoms with Crippen molar-refractivity contribution in [2.45, 2.75) is 39.6 Å². The molecule has 0 amide bonds. The smallest absolute Gasteiger partial charge is 0.163 e. The van der Waals surface area contributed by atoms with Gasteiger partial charge in [0, 0.05) is 11.8 Å². The lowest BCUT2D eigenvalue weighted by atomic mass is 9.95. The molecule has 0 saturated carbocycles. The van der Waals surface area contributed by atoms with E-state index in [0.29, 0.717) is 13.0 Å². The zero-order chi connectivity index (χ0) is 9.19. The third-order valence-electron chi connectivity index (χ3n) is 1.83. The summed E-state index contributed by atoms with van der Waals surface area (Å²) in [5.41, 5.74) is -0.0539. The number of hydrogen-bond donors (Lipinski definition) is 0. The van der Waals surface area contributed by atoms with Crippen molar-refractivity contribution in [1.82, 2.24) is 0 Å². The van der Waals surface area contributed by atoms with Gasteiger partial charge >= 0.3 is 0 Å². The van der Waals surface area contributed by atoms with Crippen LogP contribution in [0.2, 0.25) is 0 Å². The maximum Gasteiger partial charge on any atom is 0.163 e. The van der Waals surface area contributed by atoms with E-state index < -0.39 is 0 Å². The molecule has 0 bridgehead atoms. The Morgan fingerprint density at radius 1 is 1.42 bits per heavy atom. The summed E-state index contributed by atoms with van der Waals surface area (Å²) in [6, 6.07) is 0. The standard InChI is InChI=1S/C9H16O3/c1-9(2,3)8-11-5-4-7(6-10)12-8/h6-8H,4-5H2,1-3H3/t7-,8-/m1/s1. The van der Waals surface area contributed by atoms with Gasteiger partial charge in [0.25, 0.3) is 0 Å². The first-order chi connectivity index (χ1) is 5.54. The molecule has 3 heteroatoms. The second-order valence-corrected chi connectivity index (χ2v) is 4.17. The fraction of sp³-hybridized carbons (Fsp3) is 0.889. The largest absolute Gasteiger partial charge is 0.352 e. The van der Waals surface area contributed by atoms with E-state index in [2.05, 4.69) is 0 Å². The van der Waals surface area contributed by atoms with E-state index in [1.807, 2.05) is 20.8 Å². The van der Waals surface area contributed by atoms with E-state index in [-0.39, 0.29) is 17.8 Å². The Morgan fingerprint density at radius 3 is 2.58 bits per heavy atom. The monoisotopic (exact) mass is 172 g/mol. The van der Waals surface area contributed by atoms with Crippen LogP contribution in [0.3, 0.4) is 0 Å². The Balaban J connectivity index is 2.51. The van der Waals surface area contributed by atoms with Crippen LogP contribution in [0.1, 0.15) is 27.2 Å². The van der Waals surface area contributed by atoms with E-state index >= 15 is 0 Å². The van der Waals surface area contributed by atoms with Crippen LogP contribution in [0, 0.1) is 5.41 Å². The normalized spacial score (nSPS) is 31.6. The van der Waals surface area contributed by atoms with Gasteiger partial charge in [-0.05, 0) is 0 Å². The maximum atomic E-state index is 10.5. The number of rotatable bonds is 1. The molecule has 1 heterocycles. The summed E-state index contributed by atoms with van der Waals surface area (Å²) in [7, 11) is 0. The van der Waals surface area contributed by atoms with Crippen LogP contribution in [0.4, 0.5) is 0 Å². The Hall–Kier alpha value is -0.410. The molecule has 3 nitrogen and oxygen atoms in total. The van der Waals surface area contributed by atoms with Crippen LogP contribution in [0.15, 0.2) is 0 Å². The van der Waals surface area contributed by atoms with Crippen LogP contribution in [-0.4, -0.2) is 25.3 Å². The molecule has 0 N–H and O–H groups in total. The lowest BCUT2D eigenvalue weighted by molar-refractivity contribution is -0.245. The number of ether oxygens (including phenoxy) is 2. The fourth-order valence-corrected chi connectivity index (χ4v) is 1.11. The SMILES string of the molecule is CC(C)(C)[C@@H]1OCC[C@H](C=O)O1. The first-order valence-electron chi connectivity index (χ1n) is 4.26. The molecule has 1 fully saturated rings. The minimum atomic E-state index is -0.275. The molecule has 0 aromatic heterocycles. The Bertz CT molecular complexity index is 160. The Morgan fingerprint density at radius 2 is 2.08 bits per heavy atom. The summed E-state index contributed by atoms with van der Waals surface area (Å²) in [6.45, 7) is 6.71. The van der Waals surface area contributed by atoms with Gasteiger partial charge < -0.3 is 14.3 Å². The molecule has 70 valence electrons. The van der Waals surface area contributed by atoms with Crippen LogP contribution < -0.4 is 0 Å². The average molecular weight is 172 g/mol.